The summed E-state index contributed by atoms with van der Waals surface area (Å²) in [4.78, 5) is 29.2. The molecule has 2 heterocycles. The van der Waals surface area contributed by atoms with E-state index in [2.05, 4.69) is 26.0 Å². The van der Waals surface area contributed by atoms with Gasteiger partial charge < -0.3 is 18.8 Å². The average Bonchev–Trinajstić information content (AvgIpc) is 3.19. The van der Waals surface area contributed by atoms with Crippen LogP contribution in [0, 0.1) is 6.92 Å². The summed E-state index contributed by atoms with van der Waals surface area (Å²) in [5.74, 6) is 1.52. The van der Waals surface area contributed by atoms with Crippen LogP contribution in [-0.2, 0) is 6.42 Å². The molecule has 1 unspecified atom stereocenters. The zero-order valence-electron chi connectivity index (χ0n) is 21.8. The summed E-state index contributed by atoms with van der Waals surface area (Å²) in [6.07, 6.45) is 0.577. The number of carbonyl (C=O) groups excluding carboxylic acids is 1. The highest BCUT2D eigenvalue weighted by atomic mass is 16.5. The van der Waals surface area contributed by atoms with Gasteiger partial charge in [0.25, 0.3) is 5.91 Å². The van der Waals surface area contributed by atoms with Crippen LogP contribution in [0.4, 0.5) is 0 Å². The molecular weight excluding hydrogens is 466 g/mol. The number of methoxy groups -OCH3 is 2. The number of ether oxygens (including phenoxy) is 2. The quantitative estimate of drug-likeness (QED) is 0.312. The van der Waals surface area contributed by atoms with Gasteiger partial charge in [-0.15, -0.1) is 0 Å². The van der Waals surface area contributed by atoms with Crippen molar-refractivity contribution in [2.24, 2.45) is 0 Å². The van der Waals surface area contributed by atoms with Crippen LogP contribution in [0.1, 0.15) is 64.2 Å². The molecule has 0 saturated heterocycles. The monoisotopic (exact) mass is 497 g/mol. The Morgan fingerprint density at radius 2 is 1.65 bits per heavy atom. The molecule has 190 valence electrons. The lowest BCUT2D eigenvalue weighted by molar-refractivity contribution is 0.0730. The molecule has 1 aromatic heterocycles. The molecule has 1 aliphatic rings. The summed E-state index contributed by atoms with van der Waals surface area (Å²) in [5.41, 5.74) is 4.74. The van der Waals surface area contributed by atoms with Gasteiger partial charge in [-0.2, -0.15) is 0 Å². The number of nitrogens with zero attached hydrogens (tertiary/aromatic N) is 1. The second-order valence-corrected chi connectivity index (χ2v) is 9.84. The first-order valence-corrected chi connectivity index (χ1v) is 12.5. The van der Waals surface area contributed by atoms with E-state index in [1.54, 1.807) is 25.2 Å². The molecule has 6 heteroatoms. The van der Waals surface area contributed by atoms with E-state index in [1.807, 2.05) is 49.4 Å². The molecule has 0 fully saturated rings. The maximum Gasteiger partial charge on any atom is 0.290 e. The summed E-state index contributed by atoms with van der Waals surface area (Å²) in [5, 5.41) is 0.497. The average molecular weight is 498 g/mol. The molecule has 0 radical (unpaired) electrons. The van der Waals surface area contributed by atoms with Gasteiger partial charge in [0.2, 0.25) is 5.76 Å². The van der Waals surface area contributed by atoms with Gasteiger partial charge in [-0.3, -0.25) is 9.59 Å². The summed E-state index contributed by atoms with van der Waals surface area (Å²) >= 11 is 0. The van der Waals surface area contributed by atoms with Crippen LogP contribution in [0.25, 0.3) is 11.0 Å². The van der Waals surface area contributed by atoms with Crippen LogP contribution in [0.3, 0.4) is 0 Å². The Labute approximate surface area is 216 Å². The van der Waals surface area contributed by atoms with E-state index >= 15 is 0 Å². The van der Waals surface area contributed by atoms with Crippen molar-refractivity contribution in [2.75, 3.05) is 20.8 Å². The van der Waals surface area contributed by atoms with Gasteiger partial charge in [0, 0.05) is 6.54 Å². The van der Waals surface area contributed by atoms with E-state index in [4.69, 9.17) is 13.9 Å². The number of rotatable bonds is 7. The van der Waals surface area contributed by atoms with Crippen molar-refractivity contribution in [1.29, 1.82) is 0 Å². The predicted molar refractivity (Wildman–Crippen MR) is 144 cm³/mol. The van der Waals surface area contributed by atoms with Crippen LogP contribution in [0.15, 0.2) is 69.9 Å². The van der Waals surface area contributed by atoms with Crippen molar-refractivity contribution < 1.29 is 18.7 Å². The molecule has 5 rings (SSSR count). The number of benzene rings is 3. The molecule has 3 aromatic carbocycles. The number of hydrogen-bond donors (Lipinski definition) is 0. The number of amides is 1. The molecule has 6 nitrogen and oxygen atoms in total. The fraction of sp³-hybridized carbons (Fsp3) is 0.290. The minimum atomic E-state index is -0.523. The lowest BCUT2D eigenvalue weighted by atomic mass is 9.95. The number of carbonyl (C=O) groups is 1. The molecule has 0 spiro atoms. The Balaban J connectivity index is 1.59. The van der Waals surface area contributed by atoms with Gasteiger partial charge >= 0.3 is 0 Å². The first-order chi connectivity index (χ1) is 17.8. The van der Waals surface area contributed by atoms with Crippen molar-refractivity contribution in [2.45, 2.75) is 39.2 Å². The van der Waals surface area contributed by atoms with Crippen LogP contribution in [-0.4, -0.2) is 31.6 Å². The molecule has 0 bridgehead atoms. The maximum absolute atomic E-state index is 13.8. The highest BCUT2D eigenvalue weighted by Gasteiger charge is 2.42. The second-order valence-electron chi connectivity index (χ2n) is 9.84. The summed E-state index contributed by atoms with van der Waals surface area (Å²) < 4.78 is 16.9. The predicted octanol–water partition coefficient (Wildman–Crippen LogP) is 6.03. The highest BCUT2D eigenvalue weighted by molar-refractivity contribution is 5.99. The van der Waals surface area contributed by atoms with E-state index in [9.17, 15) is 9.59 Å². The van der Waals surface area contributed by atoms with Crippen LogP contribution in [0.2, 0.25) is 0 Å². The lowest BCUT2D eigenvalue weighted by Crippen LogP contribution is -2.31. The lowest BCUT2D eigenvalue weighted by Gasteiger charge is -2.25. The molecule has 0 saturated carbocycles. The first kappa shape index (κ1) is 24.6. The Morgan fingerprint density at radius 3 is 2.32 bits per heavy atom. The first-order valence-electron chi connectivity index (χ1n) is 12.5. The number of aryl methyl sites for hydroxylation is 1. The zero-order valence-corrected chi connectivity index (χ0v) is 21.8. The van der Waals surface area contributed by atoms with Crippen LogP contribution in [0.5, 0.6) is 11.5 Å². The van der Waals surface area contributed by atoms with Crippen LogP contribution < -0.4 is 14.9 Å². The van der Waals surface area contributed by atoms with Gasteiger partial charge in [0.05, 0.1) is 31.2 Å². The third kappa shape index (κ3) is 4.37. The highest BCUT2D eigenvalue weighted by Crippen LogP contribution is 2.39. The molecule has 1 atom stereocenters. The SMILES string of the molecule is COc1ccc(CCN2C(=O)c3oc4ccc(C)cc4c(=O)c3C2c2ccc(C(C)C)cc2)cc1OC. The molecule has 4 aromatic rings. The van der Waals surface area contributed by atoms with Crippen LogP contribution >= 0.6 is 0 Å². The fourth-order valence-corrected chi connectivity index (χ4v) is 5.06. The van der Waals surface area contributed by atoms with Gasteiger partial charge in [-0.1, -0.05) is 55.8 Å². The number of hydrogen-bond acceptors (Lipinski definition) is 5. The molecule has 1 aliphatic heterocycles. The van der Waals surface area contributed by atoms with E-state index in [-0.39, 0.29) is 17.1 Å². The zero-order chi connectivity index (χ0) is 26.3. The topological polar surface area (TPSA) is 69.0 Å². The van der Waals surface area contributed by atoms with E-state index in [0.717, 1.165) is 16.7 Å². The smallest absolute Gasteiger partial charge is 0.290 e. The largest absolute Gasteiger partial charge is 0.493 e. The Hall–Kier alpha value is -4.06. The molecule has 0 N–H and O–H groups in total. The van der Waals surface area contributed by atoms with E-state index < -0.39 is 6.04 Å². The summed E-state index contributed by atoms with van der Waals surface area (Å²) in [6, 6.07) is 18.9. The Bertz CT molecular complexity index is 1530. The van der Waals surface area contributed by atoms with Crippen molar-refractivity contribution in [3.05, 3.63) is 104 Å². The Kier molecular flexibility index (Phi) is 6.50. The fourth-order valence-electron chi connectivity index (χ4n) is 5.06. The van der Waals surface area contributed by atoms with Crippen molar-refractivity contribution in [3.63, 3.8) is 0 Å². The van der Waals surface area contributed by atoms with Gasteiger partial charge in [-0.05, 0) is 60.2 Å². The van der Waals surface area contributed by atoms with E-state index in [1.165, 1.54) is 5.56 Å². The molecule has 1 amide bonds. The third-order valence-electron chi connectivity index (χ3n) is 7.13. The molecule has 0 aliphatic carbocycles. The van der Waals surface area contributed by atoms with Gasteiger partial charge in [0.15, 0.2) is 16.9 Å². The molecule has 37 heavy (non-hydrogen) atoms. The summed E-state index contributed by atoms with van der Waals surface area (Å²) in [7, 11) is 3.20. The maximum atomic E-state index is 13.8. The Morgan fingerprint density at radius 1 is 0.919 bits per heavy atom. The molecular formula is C31H31NO5. The second kappa shape index (κ2) is 9.77. The normalized spacial score (nSPS) is 14.9. The van der Waals surface area contributed by atoms with Crippen molar-refractivity contribution in [3.8, 4) is 11.5 Å². The van der Waals surface area contributed by atoms with Crippen molar-refractivity contribution >= 4 is 16.9 Å². The number of fused-ring (bicyclic) bond motifs is 2. The standard InChI is InChI=1S/C31H31NO5/c1-18(2)21-8-10-22(11-9-21)28-27-29(33)23-16-19(3)6-12-24(23)37-30(27)31(34)32(28)15-14-20-7-13-25(35-4)26(17-20)36-5/h6-13,16-18,28H,14-15H2,1-5H3. The van der Waals surface area contributed by atoms with Gasteiger partial charge in [0.1, 0.15) is 5.58 Å². The van der Waals surface area contributed by atoms with Gasteiger partial charge in [-0.25, -0.2) is 0 Å². The third-order valence-corrected chi connectivity index (χ3v) is 7.13. The minimum Gasteiger partial charge on any atom is -0.493 e. The summed E-state index contributed by atoms with van der Waals surface area (Å²) in [6.45, 7) is 6.63. The minimum absolute atomic E-state index is 0.131. The van der Waals surface area contributed by atoms with E-state index in [0.29, 0.717) is 46.9 Å². The van der Waals surface area contributed by atoms with Crippen molar-refractivity contribution in [1.82, 2.24) is 4.90 Å².